The molecular weight excluding hydrogens is 235 g/mol. The van der Waals surface area contributed by atoms with Gasteiger partial charge in [0.05, 0.1) is 0 Å². The molecule has 0 radical (unpaired) electrons. The summed E-state index contributed by atoms with van der Waals surface area (Å²) in [5.41, 5.74) is 0. The van der Waals surface area contributed by atoms with Crippen LogP contribution in [0.1, 0.15) is 40.0 Å². The molecule has 0 unspecified atom stereocenters. The first-order valence-electron chi connectivity index (χ1n) is 3.37. The number of halogens is 1. The third kappa shape index (κ3) is 4.84. The lowest BCUT2D eigenvalue weighted by Crippen LogP contribution is -2.15. The molecule has 0 aliphatic heterocycles. The van der Waals surface area contributed by atoms with E-state index < -0.39 is 0 Å². The molecule has 9 heavy (non-hydrogen) atoms. The Morgan fingerprint density at radius 3 is 1.22 bits per heavy atom. The standard InChI is InChI=1S/C7H15I.Mg.2H/c1-4-7(8,5-2)6-3;;;/h4-6H2,1-3H3;;;. The van der Waals surface area contributed by atoms with E-state index in [-0.39, 0.29) is 23.1 Å². The predicted molar refractivity (Wildman–Crippen MR) is 56.2 cm³/mol. The molecule has 0 spiro atoms. The van der Waals surface area contributed by atoms with Crippen molar-refractivity contribution in [3.05, 3.63) is 0 Å². The molecular formula is C7H17IMg. The first-order chi connectivity index (χ1) is 3.68. The van der Waals surface area contributed by atoms with Crippen LogP contribution in [0.5, 0.6) is 0 Å². The fourth-order valence-corrected chi connectivity index (χ4v) is 0.750. The maximum atomic E-state index is 2.57. The van der Waals surface area contributed by atoms with Gasteiger partial charge in [0.25, 0.3) is 0 Å². The number of rotatable bonds is 3. The van der Waals surface area contributed by atoms with Crippen molar-refractivity contribution in [2.75, 3.05) is 0 Å². The second-order valence-electron chi connectivity index (χ2n) is 2.21. The number of alkyl halides is 1. The fraction of sp³-hybridized carbons (Fsp3) is 1.00. The molecule has 2 heteroatoms. The predicted octanol–water partition coefficient (Wildman–Crippen LogP) is 2.47. The van der Waals surface area contributed by atoms with Crippen molar-refractivity contribution in [3.8, 4) is 0 Å². The highest BCUT2D eigenvalue weighted by atomic mass is 127. The number of hydrogen-bond donors (Lipinski definition) is 0. The molecule has 54 valence electrons. The van der Waals surface area contributed by atoms with E-state index in [0.29, 0.717) is 3.42 Å². The zero-order valence-corrected chi connectivity index (χ0v) is 8.16. The highest BCUT2D eigenvalue weighted by Crippen LogP contribution is 2.29. The smallest absolute Gasteiger partial charge is 0.0789 e. The SMILES string of the molecule is CCC(I)(CC)CC.[MgH2]. The van der Waals surface area contributed by atoms with Crippen molar-refractivity contribution in [2.24, 2.45) is 0 Å². The molecule has 0 fully saturated rings. The summed E-state index contributed by atoms with van der Waals surface area (Å²) < 4.78 is 0.595. The Labute approximate surface area is 88.5 Å². The average molecular weight is 252 g/mol. The van der Waals surface area contributed by atoms with E-state index in [4.69, 9.17) is 0 Å². The third-order valence-electron chi connectivity index (χ3n) is 1.90. The van der Waals surface area contributed by atoms with Crippen molar-refractivity contribution >= 4 is 45.6 Å². The first kappa shape index (κ1) is 13.1. The summed E-state index contributed by atoms with van der Waals surface area (Å²) in [5.74, 6) is 0. The van der Waals surface area contributed by atoms with Gasteiger partial charge >= 0.3 is 23.1 Å². The molecule has 0 saturated carbocycles. The minimum absolute atomic E-state index is 0. The quantitative estimate of drug-likeness (QED) is 0.411. The molecule has 0 rings (SSSR count). The Morgan fingerprint density at radius 2 is 1.22 bits per heavy atom. The zero-order valence-electron chi connectivity index (χ0n) is 6.00. The van der Waals surface area contributed by atoms with E-state index in [0.717, 1.165) is 0 Å². The van der Waals surface area contributed by atoms with Crippen LogP contribution in [-0.2, 0) is 0 Å². The Balaban J connectivity index is 0. The summed E-state index contributed by atoms with van der Waals surface area (Å²) in [6.07, 6.45) is 3.92. The highest BCUT2D eigenvalue weighted by Gasteiger charge is 2.17. The van der Waals surface area contributed by atoms with Gasteiger partial charge in [-0.2, -0.15) is 0 Å². The highest BCUT2D eigenvalue weighted by molar-refractivity contribution is 14.1. The van der Waals surface area contributed by atoms with E-state index in [9.17, 15) is 0 Å². The van der Waals surface area contributed by atoms with Crippen LogP contribution in [0.4, 0.5) is 0 Å². The minimum Gasteiger partial charge on any atom is -0.0789 e. The summed E-state index contributed by atoms with van der Waals surface area (Å²) in [5, 5.41) is 0. The zero-order chi connectivity index (χ0) is 6.62. The molecule has 0 aliphatic carbocycles. The molecule has 0 aromatic heterocycles. The molecule has 0 saturated heterocycles. The topological polar surface area (TPSA) is 0 Å². The van der Waals surface area contributed by atoms with Crippen LogP contribution >= 0.6 is 22.6 Å². The molecule has 0 bridgehead atoms. The van der Waals surface area contributed by atoms with Crippen LogP contribution in [0.25, 0.3) is 0 Å². The Bertz CT molecular complexity index is 51.7. The fourth-order valence-electron chi connectivity index (χ4n) is 0.750. The van der Waals surface area contributed by atoms with Crippen molar-refractivity contribution in [1.82, 2.24) is 0 Å². The second kappa shape index (κ2) is 6.22. The summed E-state index contributed by atoms with van der Waals surface area (Å²) in [4.78, 5) is 0. The lowest BCUT2D eigenvalue weighted by atomic mass is 10.0. The van der Waals surface area contributed by atoms with E-state index >= 15 is 0 Å². The summed E-state index contributed by atoms with van der Waals surface area (Å²) in [6, 6.07) is 0. The van der Waals surface area contributed by atoms with Gasteiger partial charge < -0.3 is 0 Å². The van der Waals surface area contributed by atoms with Crippen LogP contribution in [-0.4, -0.2) is 26.5 Å². The summed E-state index contributed by atoms with van der Waals surface area (Å²) in [7, 11) is 0. The molecule has 0 aromatic carbocycles. The molecule has 0 aromatic rings. The van der Waals surface area contributed by atoms with E-state index in [1.807, 2.05) is 0 Å². The van der Waals surface area contributed by atoms with Crippen molar-refractivity contribution in [2.45, 2.75) is 43.5 Å². The van der Waals surface area contributed by atoms with Crippen molar-refractivity contribution in [3.63, 3.8) is 0 Å². The molecule has 0 amide bonds. The first-order valence-corrected chi connectivity index (χ1v) is 4.45. The van der Waals surface area contributed by atoms with Gasteiger partial charge in [0.2, 0.25) is 0 Å². The van der Waals surface area contributed by atoms with Crippen LogP contribution < -0.4 is 0 Å². The largest absolute Gasteiger partial charge is 0.316 e. The Morgan fingerprint density at radius 1 is 1.00 bits per heavy atom. The van der Waals surface area contributed by atoms with E-state index in [2.05, 4.69) is 43.4 Å². The van der Waals surface area contributed by atoms with Crippen LogP contribution in [0.3, 0.4) is 0 Å². The van der Waals surface area contributed by atoms with Gasteiger partial charge in [-0.3, -0.25) is 0 Å². The van der Waals surface area contributed by atoms with Gasteiger partial charge in [-0.15, -0.1) is 0 Å². The normalized spacial score (nSPS) is 10.7. The van der Waals surface area contributed by atoms with Crippen molar-refractivity contribution < 1.29 is 0 Å². The molecule has 0 nitrogen and oxygen atoms in total. The van der Waals surface area contributed by atoms with Gasteiger partial charge in [-0.1, -0.05) is 43.4 Å². The Kier molecular flexibility index (Phi) is 9.07. The van der Waals surface area contributed by atoms with E-state index in [1.165, 1.54) is 19.3 Å². The minimum atomic E-state index is 0. The van der Waals surface area contributed by atoms with Crippen molar-refractivity contribution in [1.29, 1.82) is 0 Å². The molecule has 0 aliphatic rings. The van der Waals surface area contributed by atoms with Crippen LogP contribution in [0.2, 0.25) is 0 Å². The van der Waals surface area contributed by atoms with Crippen LogP contribution in [0.15, 0.2) is 0 Å². The van der Waals surface area contributed by atoms with Gasteiger partial charge in [0, 0.05) is 3.42 Å². The lowest BCUT2D eigenvalue weighted by Gasteiger charge is -2.21. The summed E-state index contributed by atoms with van der Waals surface area (Å²) in [6.45, 7) is 6.79. The van der Waals surface area contributed by atoms with Gasteiger partial charge in [-0.05, 0) is 19.3 Å². The van der Waals surface area contributed by atoms with Gasteiger partial charge in [0.15, 0.2) is 0 Å². The maximum absolute atomic E-state index is 2.57. The number of hydrogen-bond acceptors (Lipinski definition) is 0. The van der Waals surface area contributed by atoms with E-state index in [1.54, 1.807) is 0 Å². The Hall–Kier alpha value is 1.50. The molecule has 0 N–H and O–H groups in total. The monoisotopic (exact) mass is 252 g/mol. The third-order valence-corrected chi connectivity index (χ3v) is 4.19. The lowest BCUT2D eigenvalue weighted by molar-refractivity contribution is 0.560. The van der Waals surface area contributed by atoms with Gasteiger partial charge in [-0.25, -0.2) is 0 Å². The van der Waals surface area contributed by atoms with Crippen LogP contribution in [0, 0.1) is 0 Å². The van der Waals surface area contributed by atoms with Gasteiger partial charge in [0.1, 0.15) is 0 Å². The maximum Gasteiger partial charge on any atom is 0.316 e. The summed E-state index contributed by atoms with van der Waals surface area (Å²) >= 11 is 2.57. The molecule has 0 atom stereocenters. The molecule has 0 heterocycles. The average Bonchev–Trinajstić information content (AvgIpc) is 1.87. The second-order valence-corrected chi connectivity index (χ2v) is 4.50.